The highest BCUT2D eigenvalue weighted by molar-refractivity contribution is 6.01. The summed E-state index contributed by atoms with van der Waals surface area (Å²) in [7, 11) is 1.29. The number of para-hydroxylation sites is 1. The summed E-state index contributed by atoms with van der Waals surface area (Å²) in [5, 5.41) is 28.4. The van der Waals surface area contributed by atoms with Gasteiger partial charge < -0.3 is 15.2 Å². The molecular formula is C25H24N4O6. The van der Waals surface area contributed by atoms with Gasteiger partial charge in [-0.25, -0.2) is 4.68 Å². The van der Waals surface area contributed by atoms with Gasteiger partial charge >= 0.3 is 5.69 Å². The van der Waals surface area contributed by atoms with Crippen LogP contribution in [0.1, 0.15) is 43.7 Å². The number of aromatic nitrogens is 2. The van der Waals surface area contributed by atoms with Crippen LogP contribution in [-0.2, 0) is 4.79 Å². The van der Waals surface area contributed by atoms with Crippen molar-refractivity contribution in [1.29, 1.82) is 0 Å². The molecule has 2 aliphatic rings. The van der Waals surface area contributed by atoms with Gasteiger partial charge in [0.25, 0.3) is 5.56 Å². The van der Waals surface area contributed by atoms with E-state index in [1.807, 2.05) is 19.9 Å². The van der Waals surface area contributed by atoms with Crippen LogP contribution in [0.2, 0.25) is 0 Å². The normalized spacial score (nSPS) is 18.5. The first-order chi connectivity index (χ1) is 16.6. The zero-order chi connectivity index (χ0) is 25.1. The van der Waals surface area contributed by atoms with Gasteiger partial charge in [-0.05, 0) is 35.6 Å². The molecule has 3 N–H and O–H groups in total. The molecule has 0 saturated carbocycles. The molecule has 1 aromatic heterocycles. The number of phenolic OH excluding ortho intramolecular Hbond substituents is 1. The molecule has 0 fully saturated rings. The van der Waals surface area contributed by atoms with Crippen LogP contribution in [0.25, 0.3) is 5.69 Å². The zero-order valence-electron chi connectivity index (χ0n) is 19.4. The zero-order valence-corrected chi connectivity index (χ0v) is 19.4. The van der Waals surface area contributed by atoms with Gasteiger partial charge in [-0.2, -0.15) is 0 Å². The number of aromatic amines is 1. The van der Waals surface area contributed by atoms with Crippen molar-refractivity contribution in [2.75, 3.05) is 12.4 Å². The quantitative estimate of drug-likeness (QED) is 0.382. The van der Waals surface area contributed by atoms with Crippen molar-refractivity contribution in [1.82, 2.24) is 9.78 Å². The summed E-state index contributed by atoms with van der Waals surface area (Å²) in [6.45, 7) is 3.99. The van der Waals surface area contributed by atoms with E-state index in [2.05, 4.69) is 10.4 Å². The Morgan fingerprint density at radius 1 is 1.17 bits per heavy atom. The second-order valence-corrected chi connectivity index (χ2v) is 9.62. The number of aromatic hydroxyl groups is 1. The Bertz CT molecular complexity index is 1470. The van der Waals surface area contributed by atoms with Crippen molar-refractivity contribution in [3.8, 4) is 17.2 Å². The number of nitro benzene ring substituents is 1. The number of nitrogens with one attached hydrogen (secondary N) is 2. The second-order valence-electron chi connectivity index (χ2n) is 9.62. The van der Waals surface area contributed by atoms with Gasteiger partial charge in [0.15, 0.2) is 11.5 Å². The summed E-state index contributed by atoms with van der Waals surface area (Å²) < 4.78 is 6.57. The van der Waals surface area contributed by atoms with Crippen LogP contribution in [0.3, 0.4) is 0 Å². The fourth-order valence-corrected chi connectivity index (χ4v) is 5.06. The van der Waals surface area contributed by atoms with Gasteiger partial charge in [0.1, 0.15) is 5.82 Å². The maximum absolute atomic E-state index is 13.7. The predicted molar refractivity (Wildman–Crippen MR) is 128 cm³/mol. The number of nitrogens with zero attached hydrogens (tertiary/aromatic N) is 2. The third kappa shape index (κ3) is 3.58. The first kappa shape index (κ1) is 22.5. The Labute approximate surface area is 200 Å². The largest absolute Gasteiger partial charge is 0.500 e. The van der Waals surface area contributed by atoms with E-state index in [0.717, 1.165) is 0 Å². The number of phenols is 1. The minimum Gasteiger partial charge on any atom is -0.500 e. The highest BCUT2D eigenvalue weighted by Gasteiger charge is 2.43. The van der Waals surface area contributed by atoms with Crippen molar-refractivity contribution in [3.63, 3.8) is 0 Å². The topological polar surface area (TPSA) is 139 Å². The van der Waals surface area contributed by atoms with Crippen LogP contribution in [0, 0.1) is 15.5 Å². The molecule has 180 valence electrons. The lowest BCUT2D eigenvalue weighted by Gasteiger charge is -2.37. The molecule has 0 bridgehead atoms. The van der Waals surface area contributed by atoms with Gasteiger partial charge in [-0.1, -0.05) is 32.0 Å². The number of rotatable bonds is 4. The fraction of sp³-hybridized carbons (Fsp3) is 0.280. The molecule has 0 unspecified atom stereocenters. The van der Waals surface area contributed by atoms with Crippen molar-refractivity contribution < 1.29 is 19.6 Å². The maximum Gasteiger partial charge on any atom is 0.314 e. The third-order valence-corrected chi connectivity index (χ3v) is 6.54. The van der Waals surface area contributed by atoms with Gasteiger partial charge in [0.2, 0.25) is 5.75 Å². The van der Waals surface area contributed by atoms with E-state index in [9.17, 15) is 24.8 Å². The number of benzene rings is 2. The predicted octanol–water partition coefficient (Wildman–Crippen LogP) is 3.99. The van der Waals surface area contributed by atoms with E-state index >= 15 is 0 Å². The Hall–Kier alpha value is -4.34. The summed E-state index contributed by atoms with van der Waals surface area (Å²) in [5.74, 6) is -1.33. The van der Waals surface area contributed by atoms with Crippen molar-refractivity contribution in [2.45, 2.75) is 32.6 Å². The van der Waals surface area contributed by atoms with Crippen LogP contribution in [0.4, 0.5) is 11.5 Å². The van der Waals surface area contributed by atoms with Crippen LogP contribution < -0.4 is 15.6 Å². The number of H-pyrrole nitrogens is 1. The van der Waals surface area contributed by atoms with Gasteiger partial charge in [-0.15, -0.1) is 0 Å². The molecular weight excluding hydrogens is 452 g/mol. The number of hydrogen-bond acceptors (Lipinski definition) is 7. The average molecular weight is 476 g/mol. The van der Waals surface area contributed by atoms with E-state index in [0.29, 0.717) is 34.8 Å². The smallest absolute Gasteiger partial charge is 0.314 e. The third-order valence-electron chi connectivity index (χ3n) is 6.54. The summed E-state index contributed by atoms with van der Waals surface area (Å²) in [6, 6.07) is 11.6. The molecule has 35 heavy (non-hydrogen) atoms. The minimum atomic E-state index is -0.883. The van der Waals surface area contributed by atoms with E-state index in [-0.39, 0.29) is 34.5 Å². The molecule has 1 aliphatic carbocycles. The van der Waals surface area contributed by atoms with Crippen molar-refractivity contribution in [2.24, 2.45) is 5.41 Å². The number of nitro groups is 1. The Balaban J connectivity index is 1.80. The van der Waals surface area contributed by atoms with E-state index in [4.69, 9.17) is 4.74 Å². The molecule has 1 aliphatic heterocycles. The summed E-state index contributed by atoms with van der Waals surface area (Å²) in [6.07, 6.45) is 0.827. The molecule has 3 aromatic rings. The highest BCUT2D eigenvalue weighted by Crippen LogP contribution is 2.50. The number of carbonyl (C=O) groups is 1. The minimum absolute atomic E-state index is 0.112. The number of methoxy groups -OCH3 is 1. The number of ketones is 1. The number of Topliss-reactive ketones (excluding diaryl/α,β-unsaturated/α-hetero) is 1. The van der Waals surface area contributed by atoms with Crippen molar-refractivity contribution >= 4 is 17.3 Å². The number of anilines is 1. The lowest BCUT2D eigenvalue weighted by molar-refractivity contribution is -0.386. The molecule has 0 spiro atoms. The van der Waals surface area contributed by atoms with Crippen LogP contribution >= 0.6 is 0 Å². The number of fused-ring (bicyclic) bond motifs is 1. The standard InChI is InChI=1S/C25H24N4O6/c1-25(2)11-15-20(17(30)12-25)19(13-9-16(29(33)34)22(31)18(10-13)35-3)21-23(26-15)27-28(24(21)32)14-7-5-4-6-8-14/h4-10,19,26-27,31H,11-12H2,1-3H3/t19-/m0/s1. The molecule has 10 heteroatoms. The summed E-state index contributed by atoms with van der Waals surface area (Å²) in [4.78, 5) is 38.1. The van der Waals surface area contributed by atoms with Gasteiger partial charge in [0, 0.05) is 29.7 Å². The van der Waals surface area contributed by atoms with E-state index in [1.165, 1.54) is 23.9 Å². The van der Waals surface area contributed by atoms with Crippen LogP contribution in [-0.4, -0.2) is 32.7 Å². The number of allylic oxidation sites excluding steroid dienone is 2. The Kier molecular flexibility index (Phi) is 5.04. The number of carbonyl (C=O) groups excluding carboxylic acids is 1. The molecule has 0 saturated heterocycles. The van der Waals surface area contributed by atoms with Crippen LogP contribution in [0.5, 0.6) is 11.5 Å². The molecule has 1 atom stereocenters. The fourth-order valence-electron chi connectivity index (χ4n) is 5.06. The maximum atomic E-state index is 13.7. The first-order valence-electron chi connectivity index (χ1n) is 11.1. The molecule has 2 aromatic carbocycles. The molecule has 0 amide bonds. The lowest BCUT2D eigenvalue weighted by Crippen LogP contribution is -2.35. The highest BCUT2D eigenvalue weighted by atomic mass is 16.6. The molecule has 10 nitrogen and oxygen atoms in total. The Morgan fingerprint density at radius 3 is 2.54 bits per heavy atom. The van der Waals surface area contributed by atoms with Crippen molar-refractivity contribution in [3.05, 3.63) is 85.3 Å². The van der Waals surface area contributed by atoms with E-state index < -0.39 is 22.3 Å². The van der Waals surface area contributed by atoms with Gasteiger partial charge in [-0.3, -0.25) is 24.8 Å². The summed E-state index contributed by atoms with van der Waals surface area (Å²) >= 11 is 0. The van der Waals surface area contributed by atoms with E-state index in [1.54, 1.807) is 24.3 Å². The van der Waals surface area contributed by atoms with Gasteiger partial charge in [0.05, 0.1) is 23.3 Å². The summed E-state index contributed by atoms with van der Waals surface area (Å²) in [5.41, 5.74) is 0.994. The average Bonchev–Trinajstić information content (AvgIpc) is 3.13. The second kappa shape index (κ2) is 7.86. The number of ether oxygens (including phenoxy) is 1. The SMILES string of the molecule is COc1cc([C@H]2C3=C(CC(C)(C)CC3=O)Nc3[nH]n(-c4ccccc4)c(=O)c32)cc([N+](=O)[O-])c1O. The van der Waals surface area contributed by atoms with Crippen LogP contribution in [0.15, 0.2) is 58.5 Å². The Morgan fingerprint density at radius 2 is 1.89 bits per heavy atom. The first-order valence-corrected chi connectivity index (χ1v) is 11.1. The molecule has 5 rings (SSSR count). The molecule has 0 radical (unpaired) electrons. The molecule has 2 heterocycles. The number of hydrogen-bond donors (Lipinski definition) is 3. The monoisotopic (exact) mass is 476 g/mol. The lowest BCUT2D eigenvalue weighted by atomic mass is 9.69.